The third-order valence-corrected chi connectivity index (χ3v) is 4.52. The number of fused-ring (bicyclic) bond motifs is 1. The number of benzene rings is 2. The smallest absolute Gasteiger partial charge is 0.168 e. The predicted octanol–water partition coefficient (Wildman–Crippen LogP) is 4.59. The summed E-state index contributed by atoms with van der Waals surface area (Å²) < 4.78 is 15.2. The van der Waals surface area contributed by atoms with Gasteiger partial charge in [0.15, 0.2) is 11.5 Å². The third kappa shape index (κ3) is 2.67. The van der Waals surface area contributed by atoms with Crippen molar-refractivity contribution in [3.63, 3.8) is 0 Å². The number of hydrogen-bond donors (Lipinski definition) is 1. The lowest BCUT2D eigenvalue weighted by Gasteiger charge is -2.06. The van der Waals surface area contributed by atoms with Crippen molar-refractivity contribution in [3.05, 3.63) is 84.9 Å². The molecular formula is C21H14FN5. The van der Waals surface area contributed by atoms with Crippen molar-refractivity contribution in [1.82, 2.24) is 24.8 Å². The summed E-state index contributed by atoms with van der Waals surface area (Å²) in [5, 5.41) is 15.8. The largest absolute Gasteiger partial charge is 0.282 e. The van der Waals surface area contributed by atoms with E-state index in [0.717, 1.165) is 39.4 Å². The van der Waals surface area contributed by atoms with Crippen molar-refractivity contribution in [2.24, 2.45) is 0 Å². The van der Waals surface area contributed by atoms with Crippen LogP contribution in [0.4, 0.5) is 4.39 Å². The predicted molar refractivity (Wildman–Crippen MR) is 101 cm³/mol. The number of rotatable bonds is 3. The average molecular weight is 355 g/mol. The van der Waals surface area contributed by atoms with Crippen molar-refractivity contribution in [3.8, 4) is 33.8 Å². The van der Waals surface area contributed by atoms with Gasteiger partial charge in [0, 0.05) is 28.5 Å². The highest BCUT2D eigenvalue weighted by Gasteiger charge is 2.13. The Labute approximate surface area is 154 Å². The maximum Gasteiger partial charge on any atom is 0.168 e. The Morgan fingerprint density at radius 1 is 0.778 bits per heavy atom. The first kappa shape index (κ1) is 15.5. The van der Waals surface area contributed by atoms with Crippen LogP contribution in [0.5, 0.6) is 0 Å². The lowest BCUT2D eigenvalue weighted by Crippen LogP contribution is -1.91. The number of halogens is 1. The van der Waals surface area contributed by atoms with Gasteiger partial charge in [0.25, 0.3) is 0 Å². The first-order chi connectivity index (χ1) is 13.3. The summed E-state index contributed by atoms with van der Waals surface area (Å²) in [6, 6.07) is 20.2. The van der Waals surface area contributed by atoms with Gasteiger partial charge in [-0.05, 0) is 36.4 Å². The SMILES string of the molecule is Fc1ccc(-c2[nH]ncc2-c2ccc3nnc(-c4ccccc4)n3c2)cc1. The van der Waals surface area contributed by atoms with Crippen LogP contribution in [0.2, 0.25) is 0 Å². The normalized spacial score (nSPS) is 11.1. The van der Waals surface area contributed by atoms with E-state index in [9.17, 15) is 4.39 Å². The fourth-order valence-corrected chi connectivity index (χ4v) is 3.18. The van der Waals surface area contributed by atoms with Crippen molar-refractivity contribution in [1.29, 1.82) is 0 Å². The molecule has 27 heavy (non-hydrogen) atoms. The van der Waals surface area contributed by atoms with Crippen molar-refractivity contribution in [2.45, 2.75) is 0 Å². The maximum absolute atomic E-state index is 13.3. The van der Waals surface area contributed by atoms with Gasteiger partial charge in [-0.3, -0.25) is 9.50 Å². The molecule has 0 aliphatic rings. The molecule has 0 bridgehead atoms. The molecule has 5 nitrogen and oxygen atoms in total. The molecular weight excluding hydrogens is 341 g/mol. The van der Waals surface area contributed by atoms with E-state index in [1.54, 1.807) is 18.3 Å². The Bertz CT molecular complexity index is 1220. The lowest BCUT2D eigenvalue weighted by molar-refractivity contribution is 0.628. The molecule has 0 aliphatic heterocycles. The molecule has 0 amide bonds. The van der Waals surface area contributed by atoms with Crippen molar-refractivity contribution < 1.29 is 4.39 Å². The molecule has 1 N–H and O–H groups in total. The monoisotopic (exact) mass is 355 g/mol. The van der Waals surface area contributed by atoms with Gasteiger partial charge in [0.05, 0.1) is 11.9 Å². The van der Waals surface area contributed by atoms with E-state index in [1.165, 1.54) is 12.1 Å². The summed E-state index contributed by atoms with van der Waals surface area (Å²) in [6.45, 7) is 0. The van der Waals surface area contributed by atoms with Crippen LogP contribution in [0, 0.1) is 5.82 Å². The Balaban J connectivity index is 1.65. The molecule has 0 aliphatic carbocycles. The zero-order valence-corrected chi connectivity index (χ0v) is 14.2. The zero-order valence-electron chi connectivity index (χ0n) is 14.2. The first-order valence-corrected chi connectivity index (χ1v) is 8.49. The standard InChI is InChI=1S/C21H14FN5/c22-17-9-6-14(7-10-17)20-18(12-23-25-20)16-8-11-19-24-26-21(27(19)13-16)15-4-2-1-3-5-15/h1-13H,(H,23,25). The molecule has 3 aromatic heterocycles. The van der Waals surface area contributed by atoms with Gasteiger partial charge in [-0.2, -0.15) is 5.10 Å². The maximum atomic E-state index is 13.3. The van der Waals surface area contributed by atoms with Crippen LogP contribution >= 0.6 is 0 Å². The number of aromatic nitrogens is 5. The van der Waals surface area contributed by atoms with Crippen LogP contribution in [0.25, 0.3) is 39.4 Å². The molecule has 5 rings (SSSR count). The molecule has 5 aromatic rings. The van der Waals surface area contributed by atoms with Crippen molar-refractivity contribution in [2.75, 3.05) is 0 Å². The molecule has 0 radical (unpaired) electrons. The number of hydrogen-bond acceptors (Lipinski definition) is 3. The van der Waals surface area contributed by atoms with E-state index < -0.39 is 0 Å². The first-order valence-electron chi connectivity index (χ1n) is 8.49. The quantitative estimate of drug-likeness (QED) is 0.515. The van der Waals surface area contributed by atoms with E-state index in [-0.39, 0.29) is 5.82 Å². The Kier molecular flexibility index (Phi) is 3.53. The number of pyridine rings is 1. The number of H-pyrrole nitrogens is 1. The number of aromatic amines is 1. The van der Waals surface area contributed by atoms with Gasteiger partial charge in [0.1, 0.15) is 5.82 Å². The third-order valence-electron chi connectivity index (χ3n) is 4.52. The Morgan fingerprint density at radius 3 is 2.37 bits per heavy atom. The highest BCUT2D eigenvalue weighted by atomic mass is 19.1. The molecule has 3 heterocycles. The second-order valence-electron chi connectivity index (χ2n) is 6.20. The van der Waals surface area contributed by atoms with Gasteiger partial charge < -0.3 is 0 Å². The van der Waals surface area contributed by atoms with Gasteiger partial charge in [-0.15, -0.1) is 10.2 Å². The Morgan fingerprint density at radius 2 is 1.56 bits per heavy atom. The van der Waals surface area contributed by atoms with E-state index in [1.807, 2.05) is 53.1 Å². The summed E-state index contributed by atoms with van der Waals surface area (Å²) in [7, 11) is 0. The second kappa shape index (κ2) is 6.17. The summed E-state index contributed by atoms with van der Waals surface area (Å²) >= 11 is 0. The molecule has 0 unspecified atom stereocenters. The minimum absolute atomic E-state index is 0.266. The fraction of sp³-hybridized carbons (Fsp3) is 0. The minimum atomic E-state index is -0.266. The van der Waals surface area contributed by atoms with Crippen molar-refractivity contribution >= 4 is 5.65 Å². The van der Waals surface area contributed by atoms with Gasteiger partial charge in [-0.25, -0.2) is 4.39 Å². The lowest BCUT2D eigenvalue weighted by atomic mass is 10.0. The van der Waals surface area contributed by atoms with E-state index in [2.05, 4.69) is 20.4 Å². The molecule has 2 aromatic carbocycles. The molecule has 0 fully saturated rings. The zero-order chi connectivity index (χ0) is 18.2. The minimum Gasteiger partial charge on any atom is -0.282 e. The molecule has 130 valence electrons. The molecule has 6 heteroatoms. The molecule has 0 atom stereocenters. The number of nitrogens with one attached hydrogen (secondary N) is 1. The van der Waals surface area contributed by atoms with Crippen LogP contribution in [0.3, 0.4) is 0 Å². The van der Waals surface area contributed by atoms with Crippen LogP contribution < -0.4 is 0 Å². The van der Waals surface area contributed by atoms with E-state index >= 15 is 0 Å². The molecule has 0 spiro atoms. The summed E-state index contributed by atoms with van der Waals surface area (Å²) in [5.74, 6) is 0.512. The van der Waals surface area contributed by atoms with E-state index in [4.69, 9.17) is 0 Å². The molecule has 0 saturated heterocycles. The van der Waals surface area contributed by atoms with Gasteiger partial charge in [-0.1, -0.05) is 30.3 Å². The Hall–Kier alpha value is -3.80. The summed E-state index contributed by atoms with van der Waals surface area (Å²) in [6.07, 6.45) is 3.77. The average Bonchev–Trinajstić information content (AvgIpc) is 3.36. The van der Waals surface area contributed by atoms with Crippen LogP contribution in [0.15, 0.2) is 79.1 Å². The number of nitrogens with zero attached hydrogens (tertiary/aromatic N) is 4. The van der Waals surface area contributed by atoms with Crippen LogP contribution in [-0.4, -0.2) is 24.8 Å². The topological polar surface area (TPSA) is 58.9 Å². The summed E-state index contributed by atoms with van der Waals surface area (Å²) in [4.78, 5) is 0. The highest BCUT2D eigenvalue weighted by Crippen LogP contribution is 2.31. The van der Waals surface area contributed by atoms with E-state index in [0.29, 0.717) is 0 Å². The van der Waals surface area contributed by atoms with Gasteiger partial charge >= 0.3 is 0 Å². The van der Waals surface area contributed by atoms with Crippen LogP contribution in [-0.2, 0) is 0 Å². The summed E-state index contributed by atoms with van der Waals surface area (Å²) in [5.41, 5.74) is 5.36. The van der Waals surface area contributed by atoms with Gasteiger partial charge in [0.2, 0.25) is 0 Å². The van der Waals surface area contributed by atoms with Crippen LogP contribution in [0.1, 0.15) is 0 Å². The second-order valence-corrected chi connectivity index (χ2v) is 6.20. The fourth-order valence-electron chi connectivity index (χ4n) is 3.18. The highest BCUT2D eigenvalue weighted by molar-refractivity contribution is 5.80. The molecule has 0 saturated carbocycles.